The number of carbonyl (C=O) groups is 1. The molecule has 1 aliphatic rings. The maximum atomic E-state index is 12.7. The highest BCUT2D eigenvalue weighted by molar-refractivity contribution is 7.13. The summed E-state index contributed by atoms with van der Waals surface area (Å²) >= 11 is 1.57. The van der Waals surface area contributed by atoms with E-state index in [2.05, 4.69) is 10.1 Å². The van der Waals surface area contributed by atoms with Crippen molar-refractivity contribution in [2.45, 2.75) is 19.0 Å². The number of likely N-dealkylation sites (N-methyl/N-ethyl adjacent to an activating group) is 1. The van der Waals surface area contributed by atoms with Crippen LogP contribution < -0.4 is 4.90 Å². The summed E-state index contributed by atoms with van der Waals surface area (Å²) in [6.45, 7) is 1.18. The van der Waals surface area contributed by atoms with Crippen LogP contribution in [0.15, 0.2) is 52.4 Å². The average molecular weight is 354 g/mol. The molecule has 7 heteroatoms. The molecule has 25 heavy (non-hydrogen) atoms. The Labute approximate surface area is 149 Å². The first-order valence-corrected chi connectivity index (χ1v) is 9.03. The monoisotopic (exact) mass is 354 g/mol. The van der Waals surface area contributed by atoms with Crippen molar-refractivity contribution < 1.29 is 9.32 Å². The Balaban J connectivity index is 1.43. The molecule has 1 amide bonds. The lowest BCUT2D eigenvalue weighted by atomic mass is 10.2. The van der Waals surface area contributed by atoms with E-state index in [1.54, 1.807) is 11.3 Å². The summed E-state index contributed by atoms with van der Waals surface area (Å²) in [6, 6.07) is 13.5. The Hall–Kier alpha value is -2.51. The first-order chi connectivity index (χ1) is 12.2. The van der Waals surface area contributed by atoms with Gasteiger partial charge < -0.3 is 9.42 Å². The van der Waals surface area contributed by atoms with Crippen LogP contribution in [-0.4, -0.2) is 40.6 Å². The molecule has 0 saturated carbocycles. The summed E-state index contributed by atoms with van der Waals surface area (Å²) < 4.78 is 5.34. The van der Waals surface area contributed by atoms with E-state index >= 15 is 0 Å². The van der Waals surface area contributed by atoms with Crippen LogP contribution in [0.3, 0.4) is 0 Å². The molecule has 1 aliphatic heterocycles. The van der Waals surface area contributed by atoms with Gasteiger partial charge >= 0.3 is 0 Å². The number of benzene rings is 1. The second kappa shape index (κ2) is 6.78. The number of anilines is 1. The summed E-state index contributed by atoms with van der Waals surface area (Å²) in [6.07, 6.45) is 0.788. The van der Waals surface area contributed by atoms with E-state index in [4.69, 9.17) is 4.52 Å². The molecule has 3 heterocycles. The van der Waals surface area contributed by atoms with Gasteiger partial charge in [0, 0.05) is 12.2 Å². The van der Waals surface area contributed by atoms with Gasteiger partial charge in [-0.25, -0.2) is 0 Å². The van der Waals surface area contributed by atoms with E-state index < -0.39 is 0 Å². The van der Waals surface area contributed by atoms with Crippen molar-refractivity contribution >= 4 is 22.9 Å². The molecule has 0 radical (unpaired) electrons. The minimum atomic E-state index is -0.169. The Morgan fingerprint density at radius 2 is 2.12 bits per heavy atom. The zero-order chi connectivity index (χ0) is 17.2. The van der Waals surface area contributed by atoms with Gasteiger partial charge in [0.2, 0.25) is 17.6 Å². The lowest BCUT2D eigenvalue weighted by Gasteiger charge is -2.22. The number of rotatable bonds is 5. The SMILES string of the molecule is CN(Cc1nc(-c2cccs2)no1)C1CCN(c2ccccc2)C1=O. The standard InChI is InChI=1S/C18H18N4O2S/c1-21(12-16-19-17(20-24-16)15-8-5-11-25-15)14-9-10-22(18(14)23)13-6-3-2-4-7-13/h2-8,11,14H,9-10,12H2,1H3. The molecule has 128 valence electrons. The van der Waals surface area contributed by atoms with Gasteiger partial charge in [-0.1, -0.05) is 29.4 Å². The van der Waals surface area contributed by atoms with Crippen molar-refractivity contribution in [3.63, 3.8) is 0 Å². The fraction of sp³-hybridized carbons (Fsp3) is 0.278. The van der Waals surface area contributed by atoms with Gasteiger partial charge in [-0.05, 0) is 37.0 Å². The van der Waals surface area contributed by atoms with Crippen LogP contribution in [0, 0.1) is 0 Å². The first-order valence-electron chi connectivity index (χ1n) is 8.15. The zero-order valence-corrected chi connectivity index (χ0v) is 14.6. The van der Waals surface area contributed by atoms with Gasteiger partial charge in [-0.3, -0.25) is 9.69 Å². The van der Waals surface area contributed by atoms with Crippen LogP contribution in [0.1, 0.15) is 12.3 Å². The third-order valence-electron chi connectivity index (χ3n) is 4.37. The quantitative estimate of drug-likeness (QED) is 0.705. The summed E-state index contributed by atoms with van der Waals surface area (Å²) in [5.41, 5.74) is 0.946. The summed E-state index contributed by atoms with van der Waals surface area (Å²) in [4.78, 5) is 22.0. The fourth-order valence-corrected chi connectivity index (χ4v) is 3.74. The highest BCUT2D eigenvalue weighted by atomic mass is 32.1. The normalized spacial score (nSPS) is 17.6. The number of thiophene rings is 1. The minimum absolute atomic E-state index is 0.117. The molecule has 2 aromatic heterocycles. The molecule has 3 aromatic rings. The molecule has 0 N–H and O–H groups in total. The van der Waals surface area contributed by atoms with Crippen molar-refractivity contribution in [1.29, 1.82) is 0 Å². The predicted molar refractivity (Wildman–Crippen MR) is 96.3 cm³/mol. The summed E-state index contributed by atoms with van der Waals surface area (Å²) in [7, 11) is 1.92. The number of aromatic nitrogens is 2. The van der Waals surface area contributed by atoms with Crippen LogP contribution >= 0.6 is 11.3 Å². The lowest BCUT2D eigenvalue weighted by molar-refractivity contribution is -0.121. The van der Waals surface area contributed by atoms with Crippen molar-refractivity contribution in [2.24, 2.45) is 0 Å². The molecular weight excluding hydrogens is 336 g/mol. The van der Waals surface area contributed by atoms with Gasteiger partial charge in [0.05, 0.1) is 17.5 Å². The minimum Gasteiger partial charge on any atom is -0.338 e. The van der Waals surface area contributed by atoms with E-state index in [0.29, 0.717) is 18.3 Å². The van der Waals surface area contributed by atoms with E-state index in [1.165, 1.54) is 0 Å². The number of nitrogens with zero attached hydrogens (tertiary/aromatic N) is 4. The molecule has 4 rings (SSSR count). The second-order valence-corrected chi connectivity index (χ2v) is 6.98. The maximum absolute atomic E-state index is 12.7. The highest BCUT2D eigenvalue weighted by Gasteiger charge is 2.35. The van der Waals surface area contributed by atoms with E-state index in [1.807, 2.05) is 64.7 Å². The molecule has 0 spiro atoms. The Morgan fingerprint density at radius 1 is 1.28 bits per heavy atom. The molecule has 6 nitrogen and oxygen atoms in total. The summed E-state index contributed by atoms with van der Waals surface area (Å²) in [5, 5.41) is 6.00. The molecule has 0 aliphatic carbocycles. The van der Waals surface area contributed by atoms with Crippen molar-refractivity contribution in [1.82, 2.24) is 15.0 Å². The van der Waals surface area contributed by atoms with Gasteiger partial charge in [-0.15, -0.1) is 11.3 Å². The van der Waals surface area contributed by atoms with Gasteiger partial charge in [0.15, 0.2) is 0 Å². The third-order valence-corrected chi connectivity index (χ3v) is 5.24. The Morgan fingerprint density at radius 3 is 2.88 bits per heavy atom. The smallest absolute Gasteiger partial charge is 0.244 e. The van der Waals surface area contributed by atoms with Crippen molar-refractivity contribution in [3.8, 4) is 10.7 Å². The topological polar surface area (TPSA) is 62.5 Å². The van der Waals surface area contributed by atoms with Crippen molar-refractivity contribution in [2.75, 3.05) is 18.5 Å². The number of para-hydroxylation sites is 1. The van der Waals surface area contributed by atoms with Gasteiger partial charge in [0.1, 0.15) is 0 Å². The second-order valence-electron chi connectivity index (χ2n) is 6.03. The number of amides is 1. The van der Waals surface area contributed by atoms with Crippen LogP contribution in [-0.2, 0) is 11.3 Å². The lowest BCUT2D eigenvalue weighted by Crippen LogP contribution is -2.39. The fourth-order valence-electron chi connectivity index (χ4n) is 3.09. The molecule has 1 fully saturated rings. The van der Waals surface area contributed by atoms with E-state index in [9.17, 15) is 4.79 Å². The molecule has 0 bridgehead atoms. The summed E-state index contributed by atoms with van der Waals surface area (Å²) in [5.74, 6) is 1.24. The van der Waals surface area contributed by atoms with E-state index in [-0.39, 0.29) is 11.9 Å². The highest BCUT2D eigenvalue weighted by Crippen LogP contribution is 2.25. The maximum Gasteiger partial charge on any atom is 0.244 e. The largest absolute Gasteiger partial charge is 0.338 e. The number of carbonyl (C=O) groups excluding carboxylic acids is 1. The van der Waals surface area contributed by atoms with Crippen LogP contribution in [0.5, 0.6) is 0 Å². The molecule has 1 unspecified atom stereocenters. The van der Waals surface area contributed by atoms with E-state index in [0.717, 1.165) is 23.5 Å². The van der Waals surface area contributed by atoms with Crippen molar-refractivity contribution in [3.05, 3.63) is 53.7 Å². The molecule has 1 atom stereocenters. The molecule has 1 aromatic carbocycles. The van der Waals surface area contributed by atoms with Gasteiger partial charge in [-0.2, -0.15) is 4.98 Å². The number of hydrogen-bond acceptors (Lipinski definition) is 6. The zero-order valence-electron chi connectivity index (χ0n) is 13.8. The average Bonchev–Trinajstić information content (AvgIpc) is 3.35. The van der Waals surface area contributed by atoms with Gasteiger partial charge in [0.25, 0.3) is 0 Å². The Bertz CT molecular complexity index is 847. The molecular formula is C18H18N4O2S. The van der Waals surface area contributed by atoms with Crippen LogP contribution in [0.2, 0.25) is 0 Å². The number of hydrogen-bond donors (Lipinski definition) is 0. The predicted octanol–water partition coefficient (Wildman–Crippen LogP) is 3.04. The van der Waals surface area contributed by atoms with Crippen LogP contribution in [0.4, 0.5) is 5.69 Å². The van der Waals surface area contributed by atoms with Crippen LogP contribution in [0.25, 0.3) is 10.7 Å². The first kappa shape index (κ1) is 16.0. The third kappa shape index (κ3) is 3.20. The molecule has 1 saturated heterocycles. The Kier molecular flexibility index (Phi) is 4.33.